The Kier molecular flexibility index (Phi) is 3.99. The Bertz CT molecular complexity index is 989. The van der Waals surface area contributed by atoms with Crippen LogP contribution in [0.1, 0.15) is 59.5 Å². The van der Waals surface area contributed by atoms with Gasteiger partial charge in [0.1, 0.15) is 6.54 Å². The summed E-state index contributed by atoms with van der Waals surface area (Å²) in [6.07, 6.45) is 6.51. The van der Waals surface area contributed by atoms with Crippen LogP contribution >= 0.6 is 0 Å². The molecule has 1 saturated carbocycles. The lowest BCUT2D eigenvalue weighted by Crippen LogP contribution is -2.59. The maximum absolute atomic E-state index is 13.2. The molecule has 144 valence electrons. The fourth-order valence-corrected chi connectivity index (χ4v) is 4.77. The summed E-state index contributed by atoms with van der Waals surface area (Å²) in [4.78, 5) is 19.3. The van der Waals surface area contributed by atoms with Crippen LogP contribution in [0.3, 0.4) is 0 Å². The number of rotatable bonds is 4. The summed E-state index contributed by atoms with van der Waals surface area (Å²) in [5.41, 5.74) is 1.78. The van der Waals surface area contributed by atoms with Crippen molar-refractivity contribution in [1.82, 2.24) is 30.0 Å². The van der Waals surface area contributed by atoms with Gasteiger partial charge in [0.15, 0.2) is 11.5 Å². The van der Waals surface area contributed by atoms with E-state index >= 15 is 0 Å². The minimum Gasteiger partial charge on any atom is -0.340 e. The van der Waals surface area contributed by atoms with E-state index in [0.717, 1.165) is 6.54 Å². The lowest BCUT2D eigenvalue weighted by molar-refractivity contribution is -0.0514. The fourth-order valence-electron chi connectivity index (χ4n) is 4.77. The zero-order valence-electron chi connectivity index (χ0n) is 15.8. The van der Waals surface area contributed by atoms with Gasteiger partial charge >= 0.3 is 0 Å². The first-order valence-corrected chi connectivity index (χ1v) is 9.70. The van der Waals surface area contributed by atoms with Gasteiger partial charge in [0, 0.05) is 18.9 Å². The number of hydrogen-bond donors (Lipinski definition) is 0. The monoisotopic (exact) mass is 378 g/mol. The molecule has 2 aromatic heterocycles. The Balaban J connectivity index is 1.37. The molecule has 1 aromatic carbocycles. The number of carbonyl (C=O) groups excluding carboxylic acids is 1. The molecule has 0 radical (unpaired) electrons. The molecule has 2 aliphatic rings. The number of carbonyl (C=O) groups is 1. The van der Waals surface area contributed by atoms with E-state index in [-0.39, 0.29) is 17.4 Å². The SMILES string of the molecule is Cc1nc(Cn2cc(C(=O)N3CC4(CCCC4)C3c3ccccc3)nn2)no1. The highest BCUT2D eigenvalue weighted by Crippen LogP contribution is 2.58. The topological polar surface area (TPSA) is 89.9 Å². The average molecular weight is 378 g/mol. The third-order valence-electron chi connectivity index (χ3n) is 5.98. The predicted molar refractivity (Wildman–Crippen MR) is 99.3 cm³/mol. The Morgan fingerprint density at radius 3 is 2.75 bits per heavy atom. The largest absolute Gasteiger partial charge is 0.340 e. The van der Waals surface area contributed by atoms with Gasteiger partial charge in [-0.3, -0.25) is 4.79 Å². The molecule has 5 rings (SSSR count). The van der Waals surface area contributed by atoms with Gasteiger partial charge in [0.2, 0.25) is 5.89 Å². The lowest BCUT2D eigenvalue weighted by Gasteiger charge is -2.56. The van der Waals surface area contributed by atoms with Crippen molar-refractivity contribution in [3.05, 3.63) is 59.5 Å². The maximum Gasteiger partial charge on any atom is 0.276 e. The summed E-state index contributed by atoms with van der Waals surface area (Å²) in [6, 6.07) is 10.5. The zero-order valence-corrected chi connectivity index (χ0v) is 15.8. The predicted octanol–water partition coefficient (Wildman–Crippen LogP) is 2.78. The van der Waals surface area contributed by atoms with E-state index in [1.54, 1.807) is 17.8 Å². The van der Waals surface area contributed by atoms with Gasteiger partial charge in [0.05, 0.1) is 12.2 Å². The number of amides is 1. The van der Waals surface area contributed by atoms with E-state index in [9.17, 15) is 4.79 Å². The van der Waals surface area contributed by atoms with Crippen LogP contribution in [-0.2, 0) is 6.54 Å². The molecule has 1 aliphatic heterocycles. The van der Waals surface area contributed by atoms with E-state index in [0.29, 0.717) is 24.0 Å². The van der Waals surface area contributed by atoms with Gasteiger partial charge in [0.25, 0.3) is 5.91 Å². The molecular weight excluding hydrogens is 356 g/mol. The van der Waals surface area contributed by atoms with Gasteiger partial charge in [-0.05, 0) is 18.4 Å². The van der Waals surface area contributed by atoms with Gasteiger partial charge < -0.3 is 9.42 Å². The van der Waals surface area contributed by atoms with E-state index in [4.69, 9.17) is 4.52 Å². The van der Waals surface area contributed by atoms with Gasteiger partial charge in [-0.25, -0.2) is 4.68 Å². The molecular formula is C20H22N6O2. The molecule has 0 N–H and O–H groups in total. The van der Waals surface area contributed by atoms with Crippen LogP contribution in [0.25, 0.3) is 0 Å². The molecule has 3 aromatic rings. The second-order valence-electron chi connectivity index (χ2n) is 7.85. The zero-order chi connectivity index (χ0) is 19.1. The summed E-state index contributed by atoms with van der Waals surface area (Å²) in [5, 5.41) is 12.0. The molecule has 1 amide bonds. The van der Waals surface area contributed by atoms with Gasteiger partial charge in [-0.1, -0.05) is 53.5 Å². The normalized spacial score (nSPS) is 20.5. The smallest absolute Gasteiger partial charge is 0.276 e. The molecule has 28 heavy (non-hydrogen) atoms. The van der Waals surface area contributed by atoms with Crippen molar-refractivity contribution < 1.29 is 9.32 Å². The van der Waals surface area contributed by atoms with Crippen molar-refractivity contribution in [1.29, 1.82) is 0 Å². The van der Waals surface area contributed by atoms with Gasteiger partial charge in [-0.2, -0.15) is 4.98 Å². The number of likely N-dealkylation sites (tertiary alicyclic amines) is 1. The molecule has 1 saturated heterocycles. The van der Waals surface area contributed by atoms with Crippen molar-refractivity contribution in [3.63, 3.8) is 0 Å². The number of hydrogen-bond acceptors (Lipinski definition) is 6. The van der Waals surface area contributed by atoms with Crippen molar-refractivity contribution >= 4 is 5.91 Å². The van der Waals surface area contributed by atoms with E-state index in [2.05, 4.69) is 32.6 Å². The van der Waals surface area contributed by atoms with Crippen LogP contribution in [0.2, 0.25) is 0 Å². The summed E-state index contributed by atoms with van der Waals surface area (Å²) >= 11 is 0. The van der Waals surface area contributed by atoms with Crippen molar-refractivity contribution in [3.8, 4) is 0 Å². The minimum atomic E-state index is -0.0677. The van der Waals surface area contributed by atoms with Crippen LogP contribution in [0.15, 0.2) is 41.1 Å². The number of nitrogens with zero attached hydrogens (tertiary/aromatic N) is 6. The molecule has 1 spiro atoms. The summed E-state index contributed by atoms with van der Waals surface area (Å²) < 4.78 is 6.54. The molecule has 1 unspecified atom stereocenters. The van der Waals surface area contributed by atoms with Crippen molar-refractivity contribution in [2.75, 3.05) is 6.54 Å². The second-order valence-corrected chi connectivity index (χ2v) is 7.85. The second kappa shape index (κ2) is 6.54. The molecule has 8 nitrogen and oxygen atoms in total. The number of benzene rings is 1. The van der Waals surface area contributed by atoms with E-state index < -0.39 is 0 Å². The highest BCUT2D eigenvalue weighted by atomic mass is 16.5. The third kappa shape index (κ3) is 2.80. The molecule has 3 heterocycles. The third-order valence-corrected chi connectivity index (χ3v) is 5.98. The lowest BCUT2D eigenvalue weighted by atomic mass is 9.67. The van der Waals surface area contributed by atoms with E-state index in [1.165, 1.54) is 31.2 Å². The first-order chi connectivity index (χ1) is 13.6. The van der Waals surface area contributed by atoms with Crippen molar-refractivity contribution in [2.45, 2.75) is 45.2 Å². The quantitative estimate of drug-likeness (QED) is 0.693. The van der Waals surface area contributed by atoms with Crippen molar-refractivity contribution in [2.24, 2.45) is 5.41 Å². The minimum absolute atomic E-state index is 0.0677. The highest BCUT2D eigenvalue weighted by molar-refractivity contribution is 5.93. The highest BCUT2D eigenvalue weighted by Gasteiger charge is 2.56. The summed E-state index contributed by atoms with van der Waals surface area (Å²) in [7, 11) is 0. The summed E-state index contributed by atoms with van der Waals surface area (Å²) in [6.45, 7) is 2.85. The Hall–Kier alpha value is -3.03. The first-order valence-electron chi connectivity index (χ1n) is 9.70. The summed E-state index contributed by atoms with van der Waals surface area (Å²) in [5.74, 6) is 0.943. The number of aromatic nitrogens is 5. The standard InChI is InChI=1S/C20H22N6O2/c1-14-21-17(23-28-14)12-25-11-16(22-24-25)19(27)26-13-20(9-5-6-10-20)18(26)15-7-3-2-4-8-15/h2-4,7-8,11,18H,5-6,9-10,12-13H2,1H3. The van der Waals surface area contributed by atoms with Gasteiger partial charge in [-0.15, -0.1) is 5.10 Å². The Labute approximate surface area is 162 Å². The average Bonchev–Trinajstić information content (AvgIpc) is 3.43. The van der Waals surface area contributed by atoms with Crippen LogP contribution in [0, 0.1) is 12.3 Å². The first kappa shape index (κ1) is 17.1. The molecule has 1 aliphatic carbocycles. The Morgan fingerprint density at radius 2 is 2.04 bits per heavy atom. The van der Waals surface area contributed by atoms with E-state index in [1.807, 2.05) is 23.1 Å². The van der Waals surface area contributed by atoms with Crippen LogP contribution in [-0.4, -0.2) is 42.5 Å². The fraction of sp³-hybridized carbons (Fsp3) is 0.450. The van der Waals surface area contributed by atoms with Crippen LogP contribution in [0.5, 0.6) is 0 Å². The maximum atomic E-state index is 13.2. The molecule has 2 fully saturated rings. The van der Waals surface area contributed by atoms with Crippen LogP contribution in [0.4, 0.5) is 0 Å². The Morgan fingerprint density at radius 1 is 1.25 bits per heavy atom. The number of aryl methyl sites for hydroxylation is 1. The molecule has 0 bridgehead atoms. The van der Waals surface area contributed by atoms with Crippen LogP contribution < -0.4 is 0 Å². The molecule has 1 atom stereocenters. The molecule has 8 heteroatoms.